The van der Waals surface area contributed by atoms with Crippen LogP contribution in [0.15, 0.2) is 24.3 Å². The number of nitrogens with one attached hydrogen (secondary N) is 1. The van der Waals surface area contributed by atoms with Gasteiger partial charge in [-0.3, -0.25) is 9.59 Å². The van der Waals surface area contributed by atoms with E-state index in [0.717, 1.165) is 5.56 Å². The molecule has 1 unspecified atom stereocenters. The number of benzene rings is 1. The quantitative estimate of drug-likeness (QED) is 0.887. The van der Waals surface area contributed by atoms with Crippen molar-refractivity contribution in [3.05, 3.63) is 34.9 Å². The lowest BCUT2D eigenvalue weighted by atomic mass is 10.1. The van der Waals surface area contributed by atoms with Crippen molar-refractivity contribution in [3.8, 4) is 0 Å². The van der Waals surface area contributed by atoms with Crippen LogP contribution in [0.25, 0.3) is 0 Å². The van der Waals surface area contributed by atoms with Gasteiger partial charge in [0.2, 0.25) is 11.8 Å². The molecule has 0 aromatic heterocycles. The summed E-state index contributed by atoms with van der Waals surface area (Å²) in [5.74, 6) is 0.232. The molecule has 1 N–H and O–H groups in total. The fourth-order valence-electron chi connectivity index (χ4n) is 2.87. The summed E-state index contributed by atoms with van der Waals surface area (Å²) in [5, 5.41) is 3.63. The normalized spacial score (nSPS) is 18.1. The second kappa shape index (κ2) is 8.31. The number of hydrogen-bond donors (Lipinski definition) is 1. The van der Waals surface area contributed by atoms with Gasteiger partial charge >= 0.3 is 0 Å². The molecular formula is C17H24ClN3O2. The highest BCUT2D eigenvalue weighted by Gasteiger charge is 2.29. The fourth-order valence-corrected chi connectivity index (χ4v) is 3.08. The summed E-state index contributed by atoms with van der Waals surface area (Å²) >= 11 is 5.96. The number of carbonyl (C=O) groups is 2. The van der Waals surface area contributed by atoms with E-state index in [-0.39, 0.29) is 17.9 Å². The summed E-state index contributed by atoms with van der Waals surface area (Å²) in [6.07, 6.45) is 0.846. The van der Waals surface area contributed by atoms with Crippen LogP contribution in [-0.2, 0) is 16.0 Å². The zero-order chi connectivity index (χ0) is 16.8. The van der Waals surface area contributed by atoms with Crippen molar-refractivity contribution < 1.29 is 9.59 Å². The van der Waals surface area contributed by atoms with Crippen LogP contribution in [-0.4, -0.2) is 60.9 Å². The minimum Gasteiger partial charge on any atom is -0.339 e. The molecule has 1 aliphatic heterocycles. The molecule has 1 aromatic rings. The summed E-state index contributed by atoms with van der Waals surface area (Å²) < 4.78 is 0. The molecule has 1 heterocycles. The maximum atomic E-state index is 12.5. The van der Waals surface area contributed by atoms with Gasteiger partial charge in [0.25, 0.3) is 0 Å². The second-order valence-electron chi connectivity index (χ2n) is 5.94. The van der Waals surface area contributed by atoms with Crippen LogP contribution in [0, 0.1) is 0 Å². The molecule has 1 aliphatic rings. The van der Waals surface area contributed by atoms with E-state index in [1.807, 2.05) is 42.0 Å². The molecule has 1 saturated heterocycles. The zero-order valence-corrected chi connectivity index (χ0v) is 14.5. The molecule has 0 bridgehead atoms. The number of rotatable bonds is 5. The van der Waals surface area contributed by atoms with E-state index in [1.54, 1.807) is 6.07 Å². The van der Waals surface area contributed by atoms with Gasteiger partial charge in [0, 0.05) is 43.7 Å². The maximum Gasteiger partial charge on any atom is 0.227 e. The van der Waals surface area contributed by atoms with Gasteiger partial charge in [0.1, 0.15) is 0 Å². The first kappa shape index (κ1) is 17.8. The van der Waals surface area contributed by atoms with Crippen molar-refractivity contribution >= 4 is 23.4 Å². The van der Waals surface area contributed by atoms with Gasteiger partial charge in [-0.1, -0.05) is 23.7 Å². The van der Waals surface area contributed by atoms with E-state index in [9.17, 15) is 9.59 Å². The lowest BCUT2D eigenvalue weighted by Gasteiger charge is -2.40. The van der Waals surface area contributed by atoms with Crippen LogP contribution in [0.1, 0.15) is 18.9 Å². The molecule has 23 heavy (non-hydrogen) atoms. The van der Waals surface area contributed by atoms with Gasteiger partial charge in [-0.25, -0.2) is 0 Å². The predicted octanol–water partition coefficient (Wildman–Crippen LogP) is 1.55. The second-order valence-corrected chi connectivity index (χ2v) is 6.37. The van der Waals surface area contributed by atoms with Gasteiger partial charge in [-0.2, -0.15) is 0 Å². The Morgan fingerprint density at radius 2 is 2.09 bits per heavy atom. The van der Waals surface area contributed by atoms with Crippen LogP contribution in [0.5, 0.6) is 0 Å². The molecule has 2 rings (SSSR count). The molecule has 0 saturated carbocycles. The van der Waals surface area contributed by atoms with E-state index in [2.05, 4.69) is 5.32 Å². The lowest BCUT2D eigenvalue weighted by molar-refractivity contribution is -0.142. The van der Waals surface area contributed by atoms with Gasteiger partial charge in [-0.15, -0.1) is 0 Å². The summed E-state index contributed by atoms with van der Waals surface area (Å²) in [6.45, 7) is 4.47. The van der Waals surface area contributed by atoms with Crippen molar-refractivity contribution in [3.63, 3.8) is 0 Å². The number of hydrogen-bond acceptors (Lipinski definition) is 3. The third kappa shape index (κ3) is 4.94. The molecule has 1 fully saturated rings. The molecule has 1 aromatic carbocycles. The fraction of sp³-hybridized carbons (Fsp3) is 0.529. The summed E-state index contributed by atoms with van der Waals surface area (Å²) in [5.41, 5.74) is 0.919. The number of piperazine rings is 1. The van der Waals surface area contributed by atoms with Crippen LogP contribution < -0.4 is 5.32 Å². The highest BCUT2D eigenvalue weighted by Crippen LogP contribution is 2.15. The predicted molar refractivity (Wildman–Crippen MR) is 91.5 cm³/mol. The van der Waals surface area contributed by atoms with Gasteiger partial charge in [0.15, 0.2) is 0 Å². The molecule has 0 spiro atoms. The standard InChI is InChI=1S/C17H24ClN3O2/c1-13-12-20(16(22)6-7-19-2)8-9-21(13)17(23)11-14-4-3-5-15(18)10-14/h3-5,10,13,19H,6-9,11-12H2,1-2H3. The topological polar surface area (TPSA) is 52.7 Å². The third-order valence-corrected chi connectivity index (χ3v) is 4.37. The number of nitrogens with zero attached hydrogens (tertiary/aromatic N) is 2. The Hall–Kier alpha value is -1.59. The molecule has 1 atom stereocenters. The van der Waals surface area contributed by atoms with Gasteiger partial charge in [0.05, 0.1) is 6.42 Å². The highest BCUT2D eigenvalue weighted by atomic mass is 35.5. The SMILES string of the molecule is CNCCC(=O)N1CCN(C(=O)Cc2cccc(Cl)c2)C(C)C1. The van der Waals surface area contributed by atoms with Gasteiger partial charge < -0.3 is 15.1 Å². The van der Waals surface area contributed by atoms with Crippen molar-refractivity contribution in [1.82, 2.24) is 15.1 Å². The molecule has 5 nitrogen and oxygen atoms in total. The first-order valence-electron chi connectivity index (χ1n) is 7.97. The summed E-state index contributed by atoms with van der Waals surface area (Å²) in [7, 11) is 1.84. The molecule has 126 valence electrons. The highest BCUT2D eigenvalue weighted by molar-refractivity contribution is 6.30. The lowest BCUT2D eigenvalue weighted by Crippen LogP contribution is -2.56. The Bertz CT molecular complexity index is 565. The first-order valence-corrected chi connectivity index (χ1v) is 8.35. The van der Waals surface area contributed by atoms with Crippen LogP contribution in [0.3, 0.4) is 0 Å². The monoisotopic (exact) mass is 337 g/mol. The number of amides is 2. The van der Waals surface area contributed by atoms with Crippen LogP contribution in [0.2, 0.25) is 5.02 Å². The average molecular weight is 338 g/mol. The largest absolute Gasteiger partial charge is 0.339 e. The minimum absolute atomic E-state index is 0.0361. The van der Waals surface area contributed by atoms with E-state index < -0.39 is 0 Å². The summed E-state index contributed by atoms with van der Waals surface area (Å²) in [4.78, 5) is 28.3. The Kier molecular flexibility index (Phi) is 6.42. The smallest absolute Gasteiger partial charge is 0.227 e. The summed E-state index contributed by atoms with van der Waals surface area (Å²) in [6, 6.07) is 7.42. The van der Waals surface area contributed by atoms with Crippen LogP contribution in [0.4, 0.5) is 0 Å². The molecule has 2 amide bonds. The van der Waals surface area contributed by atoms with Gasteiger partial charge in [-0.05, 0) is 31.7 Å². The van der Waals surface area contributed by atoms with Crippen molar-refractivity contribution in [2.45, 2.75) is 25.8 Å². The Labute approximate surface area is 142 Å². The van der Waals surface area contributed by atoms with Crippen LogP contribution >= 0.6 is 11.6 Å². The third-order valence-electron chi connectivity index (χ3n) is 4.13. The van der Waals surface area contributed by atoms with E-state index in [0.29, 0.717) is 44.0 Å². The van der Waals surface area contributed by atoms with E-state index in [4.69, 9.17) is 11.6 Å². The number of carbonyl (C=O) groups excluding carboxylic acids is 2. The number of halogens is 1. The van der Waals surface area contributed by atoms with Crippen molar-refractivity contribution in [2.24, 2.45) is 0 Å². The molecule has 6 heteroatoms. The Morgan fingerprint density at radius 1 is 1.30 bits per heavy atom. The van der Waals surface area contributed by atoms with E-state index in [1.165, 1.54) is 0 Å². The maximum absolute atomic E-state index is 12.5. The Balaban J connectivity index is 1.90. The van der Waals surface area contributed by atoms with E-state index >= 15 is 0 Å². The zero-order valence-electron chi connectivity index (χ0n) is 13.7. The molecule has 0 radical (unpaired) electrons. The Morgan fingerprint density at radius 3 is 2.74 bits per heavy atom. The van der Waals surface area contributed by atoms with Crippen molar-refractivity contribution in [1.29, 1.82) is 0 Å². The van der Waals surface area contributed by atoms with Crippen molar-refractivity contribution in [2.75, 3.05) is 33.2 Å². The molecular weight excluding hydrogens is 314 g/mol. The molecule has 0 aliphatic carbocycles. The minimum atomic E-state index is 0.0361. The average Bonchev–Trinajstić information content (AvgIpc) is 2.52. The first-order chi connectivity index (χ1) is 11.0.